The Bertz CT molecular complexity index is 1310. The highest BCUT2D eigenvalue weighted by Gasteiger charge is 2.45. The van der Waals surface area contributed by atoms with Crippen molar-refractivity contribution in [3.63, 3.8) is 0 Å². The van der Waals surface area contributed by atoms with Gasteiger partial charge in [0, 0.05) is 48.3 Å². The predicted molar refractivity (Wildman–Crippen MR) is 119 cm³/mol. The Morgan fingerprint density at radius 2 is 1.77 bits per heavy atom. The van der Waals surface area contributed by atoms with E-state index in [0.717, 1.165) is 33.3 Å². The van der Waals surface area contributed by atoms with Gasteiger partial charge in [-0.05, 0) is 24.3 Å². The number of pyridine rings is 2. The van der Waals surface area contributed by atoms with E-state index in [1.54, 1.807) is 12.4 Å². The van der Waals surface area contributed by atoms with E-state index < -0.39 is 5.72 Å². The Morgan fingerprint density at radius 1 is 1.00 bits per heavy atom. The molecule has 152 valence electrons. The molecule has 0 radical (unpaired) electrons. The van der Waals surface area contributed by atoms with Crippen LogP contribution in [0.25, 0.3) is 22.2 Å². The SMILES string of the molecule is CC(=O)N1N=C(c2cc(-c3ccccc3)nc3ccccc23)O[C@@]1(C)c1cccnc1. The maximum Gasteiger partial charge on any atom is 0.243 e. The van der Waals surface area contributed by atoms with Crippen LogP contribution in [-0.2, 0) is 15.3 Å². The van der Waals surface area contributed by atoms with Gasteiger partial charge in [-0.3, -0.25) is 9.78 Å². The maximum atomic E-state index is 12.5. The van der Waals surface area contributed by atoms with Crippen LogP contribution >= 0.6 is 0 Å². The predicted octanol–water partition coefficient (Wildman–Crippen LogP) is 4.71. The van der Waals surface area contributed by atoms with E-state index >= 15 is 0 Å². The summed E-state index contributed by atoms with van der Waals surface area (Å²) >= 11 is 0. The summed E-state index contributed by atoms with van der Waals surface area (Å²) in [7, 11) is 0. The fourth-order valence-corrected chi connectivity index (χ4v) is 3.85. The lowest BCUT2D eigenvalue weighted by atomic mass is 10.0. The second-order valence-corrected chi connectivity index (χ2v) is 7.50. The molecule has 0 saturated carbocycles. The molecule has 0 fully saturated rings. The summed E-state index contributed by atoms with van der Waals surface area (Å²) in [5.74, 6) is 0.153. The molecule has 6 nitrogen and oxygen atoms in total. The molecule has 2 aromatic carbocycles. The number of carbonyl (C=O) groups is 1. The number of aromatic nitrogens is 2. The molecule has 4 aromatic rings. The second-order valence-electron chi connectivity index (χ2n) is 7.50. The first-order valence-electron chi connectivity index (χ1n) is 10.0. The topological polar surface area (TPSA) is 67.7 Å². The third kappa shape index (κ3) is 3.22. The number of para-hydroxylation sites is 1. The van der Waals surface area contributed by atoms with Crippen molar-refractivity contribution in [2.75, 3.05) is 0 Å². The minimum absolute atomic E-state index is 0.219. The van der Waals surface area contributed by atoms with Crippen molar-refractivity contribution >= 4 is 22.7 Å². The lowest BCUT2D eigenvalue weighted by Gasteiger charge is -2.30. The molecular formula is C25H20N4O2. The minimum Gasteiger partial charge on any atom is -0.443 e. The average Bonchev–Trinajstić information content (AvgIpc) is 3.18. The monoisotopic (exact) mass is 408 g/mol. The number of benzene rings is 2. The quantitative estimate of drug-likeness (QED) is 0.492. The molecule has 2 aromatic heterocycles. The van der Waals surface area contributed by atoms with Crippen LogP contribution in [0.3, 0.4) is 0 Å². The number of hydrazone groups is 1. The first kappa shape index (κ1) is 18.9. The number of amides is 1. The van der Waals surface area contributed by atoms with Crippen molar-refractivity contribution in [3.8, 4) is 11.3 Å². The molecule has 1 amide bonds. The molecule has 1 atom stereocenters. The van der Waals surface area contributed by atoms with Crippen LogP contribution in [0.4, 0.5) is 0 Å². The summed E-state index contributed by atoms with van der Waals surface area (Å²) in [5.41, 5.74) is 3.06. The molecule has 1 aliphatic heterocycles. The van der Waals surface area contributed by atoms with Crippen LogP contribution in [0.15, 0.2) is 90.3 Å². The van der Waals surface area contributed by atoms with Gasteiger partial charge in [-0.25, -0.2) is 4.98 Å². The number of rotatable bonds is 3. The highest BCUT2D eigenvalue weighted by Crippen LogP contribution is 2.37. The van der Waals surface area contributed by atoms with E-state index in [9.17, 15) is 4.79 Å². The largest absolute Gasteiger partial charge is 0.443 e. The van der Waals surface area contributed by atoms with Gasteiger partial charge in [0.15, 0.2) is 0 Å². The van der Waals surface area contributed by atoms with Crippen molar-refractivity contribution in [3.05, 3.63) is 96.3 Å². The van der Waals surface area contributed by atoms with Gasteiger partial charge in [0.2, 0.25) is 17.5 Å². The van der Waals surface area contributed by atoms with Crippen molar-refractivity contribution in [1.29, 1.82) is 0 Å². The molecule has 0 aliphatic carbocycles. The normalized spacial score (nSPS) is 18.0. The zero-order chi connectivity index (χ0) is 21.4. The molecule has 0 unspecified atom stereocenters. The van der Waals surface area contributed by atoms with E-state index in [2.05, 4.69) is 10.1 Å². The highest BCUT2D eigenvalue weighted by atomic mass is 16.6. The number of carbonyl (C=O) groups excluding carboxylic acids is 1. The van der Waals surface area contributed by atoms with Gasteiger partial charge in [-0.15, -0.1) is 5.10 Å². The first-order chi connectivity index (χ1) is 15.1. The molecule has 0 spiro atoms. The van der Waals surface area contributed by atoms with E-state index in [4.69, 9.17) is 9.72 Å². The average molecular weight is 408 g/mol. The van der Waals surface area contributed by atoms with E-state index in [1.165, 1.54) is 11.9 Å². The van der Waals surface area contributed by atoms with Gasteiger partial charge in [-0.1, -0.05) is 48.5 Å². The van der Waals surface area contributed by atoms with Crippen LogP contribution < -0.4 is 0 Å². The summed E-state index contributed by atoms with van der Waals surface area (Å²) in [6, 6.07) is 23.5. The fourth-order valence-electron chi connectivity index (χ4n) is 3.85. The zero-order valence-corrected chi connectivity index (χ0v) is 17.2. The Balaban J connectivity index is 1.69. The molecule has 3 heterocycles. The lowest BCUT2D eigenvalue weighted by Crippen LogP contribution is -2.41. The number of fused-ring (bicyclic) bond motifs is 1. The third-order valence-corrected chi connectivity index (χ3v) is 5.40. The van der Waals surface area contributed by atoms with E-state index in [-0.39, 0.29) is 5.91 Å². The van der Waals surface area contributed by atoms with Gasteiger partial charge in [0.25, 0.3) is 0 Å². The minimum atomic E-state index is -1.09. The highest BCUT2D eigenvalue weighted by molar-refractivity contribution is 6.08. The molecule has 0 saturated heterocycles. The van der Waals surface area contributed by atoms with E-state index in [0.29, 0.717) is 5.90 Å². The molecule has 0 bridgehead atoms. The van der Waals surface area contributed by atoms with Crippen LogP contribution in [0, 0.1) is 0 Å². The van der Waals surface area contributed by atoms with Crippen LogP contribution in [0.2, 0.25) is 0 Å². The molecule has 5 rings (SSSR count). The lowest BCUT2D eigenvalue weighted by molar-refractivity contribution is -0.146. The van der Waals surface area contributed by atoms with Gasteiger partial charge in [0.05, 0.1) is 11.2 Å². The van der Waals surface area contributed by atoms with Crippen molar-refractivity contribution in [2.24, 2.45) is 5.10 Å². The number of ether oxygens (including phenoxy) is 1. The number of nitrogens with zero attached hydrogens (tertiary/aromatic N) is 4. The zero-order valence-electron chi connectivity index (χ0n) is 17.2. The van der Waals surface area contributed by atoms with Gasteiger partial charge < -0.3 is 4.74 Å². The summed E-state index contributed by atoms with van der Waals surface area (Å²) in [6.45, 7) is 3.30. The Labute approximate surface area is 179 Å². The molecule has 6 heteroatoms. The summed E-state index contributed by atoms with van der Waals surface area (Å²) < 4.78 is 6.38. The molecular weight excluding hydrogens is 388 g/mol. The molecule has 1 aliphatic rings. The second kappa shape index (κ2) is 7.32. The number of hydrogen-bond acceptors (Lipinski definition) is 5. The van der Waals surface area contributed by atoms with Crippen LogP contribution in [-0.4, -0.2) is 26.8 Å². The molecule has 31 heavy (non-hydrogen) atoms. The standard InChI is InChI=1S/C25H20N4O2/c1-17(30)29-25(2,19-11-8-14-26-16-19)31-24(28-29)21-15-23(18-9-4-3-5-10-18)27-22-13-7-6-12-20(21)22/h3-16H,1-2H3/t25-/m0/s1. The first-order valence-corrected chi connectivity index (χ1v) is 10.0. The smallest absolute Gasteiger partial charge is 0.243 e. The third-order valence-electron chi connectivity index (χ3n) is 5.40. The van der Waals surface area contributed by atoms with E-state index in [1.807, 2.05) is 79.7 Å². The van der Waals surface area contributed by atoms with Gasteiger partial charge >= 0.3 is 0 Å². The Morgan fingerprint density at radius 3 is 2.52 bits per heavy atom. The van der Waals surface area contributed by atoms with Crippen molar-refractivity contribution in [1.82, 2.24) is 15.0 Å². The molecule has 0 N–H and O–H groups in total. The summed E-state index contributed by atoms with van der Waals surface area (Å²) in [6.07, 6.45) is 3.37. The van der Waals surface area contributed by atoms with Gasteiger partial charge in [0.1, 0.15) is 0 Å². The van der Waals surface area contributed by atoms with Crippen molar-refractivity contribution < 1.29 is 9.53 Å². The van der Waals surface area contributed by atoms with Crippen LogP contribution in [0.1, 0.15) is 25.0 Å². The number of hydrogen-bond donors (Lipinski definition) is 0. The summed E-state index contributed by atoms with van der Waals surface area (Å²) in [4.78, 5) is 21.5. The van der Waals surface area contributed by atoms with Gasteiger partial charge in [-0.2, -0.15) is 5.01 Å². The summed E-state index contributed by atoms with van der Waals surface area (Å²) in [5, 5.41) is 6.87. The Hall–Kier alpha value is -4.06. The van der Waals surface area contributed by atoms with Crippen molar-refractivity contribution in [2.45, 2.75) is 19.6 Å². The Kier molecular flexibility index (Phi) is 4.47. The maximum absolute atomic E-state index is 12.5. The van der Waals surface area contributed by atoms with Crippen LogP contribution in [0.5, 0.6) is 0 Å². The fraction of sp³-hybridized carbons (Fsp3) is 0.120.